The first-order valence-electron chi connectivity index (χ1n) is 7.76. The maximum atomic E-state index is 11.9. The van der Waals surface area contributed by atoms with E-state index >= 15 is 0 Å². The van der Waals surface area contributed by atoms with Gasteiger partial charge in [0.2, 0.25) is 0 Å². The lowest BCUT2D eigenvalue weighted by molar-refractivity contribution is 0.301. The monoisotopic (exact) mass is 350 g/mol. The molecule has 1 aliphatic rings. The molecule has 1 fully saturated rings. The van der Waals surface area contributed by atoms with Crippen LogP contribution in [0.5, 0.6) is 5.75 Å². The van der Waals surface area contributed by atoms with Crippen LogP contribution in [0.25, 0.3) is 11.1 Å². The average molecular weight is 350 g/mol. The Labute approximate surface area is 142 Å². The molecule has 0 bridgehead atoms. The summed E-state index contributed by atoms with van der Waals surface area (Å²) in [5.74, 6) is 1.24. The molecular weight excluding hydrogens is 328 g/mol. The third-order valence-electron chi connectivity index (χ3n) is 4.14. The Morgan fingerprint density at radius 1 is 1.33 bits per heavy atom. The lowest BCUT2D eigenvalue weighted by atomic mass is 10.0. The Bertz CT molecular complexity index is 796. The van der Waals surface area contributed by atoms with Crippen molar-refractivity contribution in [2.24, 2.45) is 18.1 Å². The van der Waals surface area contributed by atoms with E-state index in [1.807, 2.05) is 0 Å². The number of hydrogen-bond acceptors (Lipinski definition) is 5. The number of hydrogen-bond donors (Lipinski definition) is 3. The summed E-state index contributed by atoms with van der Waals surface area (Å²) in [6, 6.07) is 6.66. The molecular formula is C17H22N2O4S. The summed E-state index contributed by atoms with van der Waals surface area (Å²) >= 11 is 0. The van der Waals surface area contributed by atoms with Crippen molar-refractivity contribution >= 4 is 10.8 Å². The number of rotatable bonds is 5. The van der Waals surface area contributed by atoms with Crippen molar-refractivity contribution in [3.05, 3.63) is 46.4 Å². The molecule has 2 aromatic rings. The second kappa shape index (κ2) is 6.25. The predicted molar refractivity (Wildman–Crippen MR) is 95.4 cm³/mol. The van der Waals surface area contributed by atoms with Gasteiger partial charge in [0.15, 0.2) is 0 Å². The van der Waals surface area contributed by atoms with Gasteiger partial charge in [-0.2, -0.15) is 0 Å². The molecule has 1 aromatic heterocycles. The molecule has 0 aliphatic heterocycles. The Balaban J connectivity index is 2.08. The van der Waals surface area contributed by atoms with Gasteiger partial charge in [-0.05, 0) is 49.9 Å². The second-order valence-electron chi connectivity index (χ2n) is 6.33. The summed E-state index contributed by atoms with van der Waals surface area (Å²) in [6.45, 7) is 2.38. The van der Waals surface area contributed by atoms with E-state index in [9.17, 15) is 13.9 Å². The number of aryl methyl sites for hydroxylation is 2. The van der Waals surface area contributed by atoms with Gasteiger partial charge < -0.3 is 9.30 Å². The zero-order valence-corrected chi connectivity index (χ0v) is 14.5. The summed E-state index contributed by atoms with van der Waals surface area (Å²) < 4.78 is 26.9. The fraction of sp³-hybridized carbons (Fsp3) is 0.353. The van der Waals surface area contributed by atoms with Crippen molar-refractivity contribution < 1.29 is 13.8 Å². The van der Waals surface area contributed by atoms with Crippen molar-refractivity contribution in [1.82, 2.24) is 4.57 Å². The van der Waals surface area contributed by atoms with Crippen LogP contribution in [0, 0.1) is 12.8 Å². The third kappa shape index (κ3) is 3.64. The maximum absolute atomic E-state index is 11.9. The molecule has 0 amide bonds. The molecule has 3 rings (SSSR count). The van der Waals surface area contributed by atoms with Crippen LogP contribution >= 0.6 is 10.8 Å². The summed E-state index contributed by atoms with van der Waals surface area (Å²) in [7, 11) is -1.64. The van der Waals surface area contributed by atoms with E-state index in [1.54, 1.807) is 44.4 Å². The topological polar surface area (TPSA) is 97.7 Å². The quantitative estimate of drug-likeness (QED) is 0.769. The molecule has 0 saturated heterocycles. The van der Waals surface area contributed by atoms with E-state index in [4.69, 9.17) is 9.88 Å². The van der Waals surface area contributed by atoms with E-state index < -0.39 is 10.8 Å². The molecule has 4 N–H and O–H groups in total. The highest BCUT2D eigenvalue weighted by molar-refractivity contribution is 8.22. The number of nitrogens with two attached hydrogens (primary N) is 1. The lowest BCUT2D eigenvalue weighted by Gasteiger charge is -2.27. The smallest absolute Gasteiger partial charge is 0.253 e. The van der Waals surface area contributed by atoms with Gasteiger partial charge in [0.1, 0.15) is 5.75 Å². The highest BCUT2D eigenvalue weighted by Gasteiger charge is 2.23. The van der Waals surface area contributed by atoms with Gasteiger partial charge in [0, 0.05) is 29.9 Å². The highest BCUT2D eigenvalue weighted by atomic mass is 32.3. The largest absolute Gasteiger partial charge is 0.493 e. The Hall–Kier alpha value is -1.80. The van der Waals surface area contributed by atoms with Crippen LogP contribution in [-0.2, 0) is 7.05 Å². The minimum absolute atomic E-state index is 0.0709. The van der Waals surface area contributed by atoms with Gasteiger partial charge in [-0.15, -0.1) is 10.8 Å². The number of benzene rings is 1. The first kappa shape index (κ1) is 17.0. The summed E-state index contributed by atoms with van der Waals surface area (Å²) in [5, 5.41) is 5.47. The summed E-state index contributed by atoms with van der Waals surface area (Å²) in [5.41, 5.74) is 1.99. The fourth-order valence-electron chi connectivity index (χ4n) is 2.56. The zero-order chi connectivity index (χ0) is 17.5. The minimum Gasteiger partial charge on any atom is -0.493 e. The third-order valence-corrected chi connectivity index (χ3v) is 5.09. The lowest BCUT2D eigenvalue weighted by Crippen LogP contribution is -2.18. The number of ether oxygens (including phenoxy) is 1. The second-order valence-corrected chi connectivity index (χ2v) is 7.99. The van der Waals surface area contributed by atoms with Crippen molar-refractivity contribution in [3.8, 4) is 16.9 Å². The van der Waals surface area contributed by atoms with Crippen LogP contribution in [0.15, 0.2) is 40.2 Å². The predicted octanol–water partition coefficient (Wildman–Crippen LogP) is 3.13. The molecule has 6 nitrogen and oxygen atoms in total. The van der Waals surface area contributed by atoms with Crippen LogP contribution in [0.2, 0.25) is 0 Å². The van der Waals surface area contributed by atoms with Gasteiger partial charge in [-0.3, -0.25) is 13.9 Å². The van der Waals surface area contributed by atoms with Gasteiger partial charge in [-0.1, -0.05) is 0 Å². The SMILES string of the molecule is Cc1cc(-c2cc(S(N)(O)O)ccc2OCC2CC2)cn(C)c1=O. The first-order chi connectivity index (χ1) is 11.3. The molecule has 1 aromatic carbocycles. The standard InChI is InChI=1S/C17H22N2O4S/c1-11-7-13(9-19(2)17(11)20)15-8-14(24(18,21)22)5-6-16(15)23-10-12-3-4-12/h5-9,12,21-22H,3-4,10,18H2,1-2H3. The molecule has 0 atom stereocenters. The number of aromatic nitrogens is 1. The molecule has 1 heterocycles. The van der Waals surface area contributed by atoms with E-state index in [0.29, 0.717) is 29.4 Å². The molecule has 1 aliphatic carbocycles. The average Bonchev–Trinajstić information content (AvgIpc) is 3.33. The van der Waals surface area contributed by atoms with E-state index in [1.165, 1.54) is 17.4 Å². The maximum Gasteiger partial charge on any atom is 0.253 e. The van der Waals surface area contributed by atoms with E-state index in [0.717, 1.165) is 5.56 Å². The van der Waals surface area contributed by atoms with Crippen molar-refractivity contribution in [2.75, 3.05) is 6.61 Å². The Kier molecular flexibility index (Phi) is 4.44. The molecule has 24 heavy (non-hydrogen) atoms. The fourth-order valence-corrected chi connectivity index (χ4v) is 3.12. The molecule has 130 valence electrons. The molecule has 1 saturated carbocycles. The van der Waals surface area contributed by atoms with Crippen molar-refractivity contribution in [1.29, 1.82) is 0 Å². The first-order valence-corrected chi connectivity index (χ1v) is 9.37. The van der Waals surface area contributed by atoms with Crippen LogP contribution in [0.3, 0.4) is 0 Å². The number of pyridine rings is 1. The van der Waals surface area contributed by atoms with Crippen LogP contribution < -0.4 is 15.4 Å². The summed E-state index contributed by atoms with van der Waals surface area (Å²) in [6.07, 6.45) is 4.06. The van der Waals surface area contributed by atoms with Crippen LogP contribution in [0.4, 0.5) is 0 Å². The zero-order valence-electron chi connectivity index (χ0n) is 13.7. The summed E-state index contributed by atoms with van der Waals surface area (Å²) in [4.78, 5) is 12.2. The Morgan fingerprint density at radius 3 is 2.62 bits per heavy atom. The minimum atomic E-state index is -3.32. The normalized spacial score (nSPS) is 15.4. The van der Waals surface area contributed by atoms with Crippen LogP contribution in [0.1, 0.15) is 18.4 Å². The van der Waals surface area contributed by atoms with E-state index in [2.05, 4.69) is 0 Å². The molecule has 0 radical (unpaired) electrons. The van der Waals surface area contributed by atoms with Crippen LogP contribution in [-0.4, -0.2) is 20.3 Å². The van der Waals surface area contributed by atoms with Crippen molar-refractivity contribution in [2.45, 2.75) is 24.7 Å². The molecule has 7 heteroatoms. The van der Waals surface area contributed by atoms with Gasteiger partial charge in [0.05, 0.1) is 11.5 Å². The van der Waals surface area contributed by atoms with Gasteiger partial charge in [-0.25, -0.2) is 5.14 Å². The van der Waals surface area contributed by atoms with Gasteiger partial charge in [0.25, 0.3) is 5.56 Å². The van der Waals surface area contributed by atoms with E-state index in [-0.39, 0.29) is 10.5 Å². The highest BCUT2D eigenvalue weighted by Crippen LogP contribution is 2.44. The molecule has 0 spiro atoms. The Morgan fingerprint density at radius 2 is 2.04 bits per heavy atom. The van der Waals surface area contributed by atoms with Crippen molar-refractivity contribution in [3.63, 3.8) is 0 Å². The molecule has 0 unspecified atom stereocenters. The van der Waals surface area contributed by atoms with Gasteiger partial charge >= 0.3 is 0 Å². The number of nitrogens with zero attached hydrogens (tertiary/aromatic N) is 1.